The Bertz CT molecular complexity index is 1090. The molecule has 28 heavy (non-hydrogen) atoms. The van der Waals surface area contributed by atoms with Crippen molar-refractivity contribution in [2.75, 3.05) is 10.0 Å². The normalized spacial score (nSPS) is 17.4. The second kappa shape index (κ2) is 6.27. The Balaban J connectivity index is 1.79. The minimum atomic E-state index is -4.26. The van der Waals surface area contributed by atoms with Gasteiger partial charge in [0.05, 0.1) is 5.41 Å². The summed E-state index contributed by atoms with van der Waals surface area (Å²) in [6, 6.07) is 5.62. The van der Waals surface area contributed by atoms with Crippen molar-refractivity contribution < 1.29 is 22.0 Å². The molecule has 2 aliphatic rings. The number of sulfonamides is 1. The van der Waals surface area contributed by atoms with Crippen molar-refractivity contribution in [1.29, 1.82) is 0 Å². The molecule has 148 valence electrons. The van der Waals surface area contributed by atoms with Crippen LogP contribution < -0.4 is 10.0 Å². The van der Waals surface area contributed by atoms with Gasteiger partial charge in [0.25, 0.3) is 10.0 Å². The predicted octanol–water partition coefficient (Wildman–Crippen LogP) is 4.26. The first-order valence-electron chi connectivity index (χ1n) is 9.12. The Morgan fingerprint density at radius 3 is 2.43 bits per heavy atom. The van der Waals surface area contributed by atoms with Gasteiger partial charge in [-0.15, -0.1) is 0 Å². The van der Waals surface area contributed by atoms with Crippen molar-refractivity contribution in [3.63, 3.8) is 0 Å². The topological polar surface area (TPSA) is 75.3 Å². The molecule has 0 atom stereocenters. The number of carbonyl (C=O) groups is 1. The first-order valence-corrected chi connectivity index (χ1v) is 10.6. The molecular weight excluding hydrogens is 386 g/mol. The van der Waals surface area contributed by atoms with E-state index in [2.05, 4.69) is 10.0 Å². The van der Waals surface area contributed by atoms with Crippen LogP contribution in [0.4, 0.5) is 20.2 Å². The molecule has 1 amide bonds. The molecule has 0 aromatic heterocycles. The molecule has 0 saturated heterocycles. The van der Waals surface area contributed by atoms with Gasteiger partial charge in [-0.25, -0.2) is 17.2 Å². The summed E-state index contributed by atoms with van der Waals surface area (Å²) in [7, 11) is -4.26. The molecule has 4 rings (SSSR count). The summed E-state index contributed by atoms with van der Waals surface area (Å²) in [5.41, 5.74) is 1.99. The monoisotopic (exact) mass is 406 g/mol. The molecule has 1 saturated carbocycles. The standard InChI is InChI=1S/C20H20F2N2O3S/c1-11(2)14-9-13(10-15-18(14)23-19(25)20(15)6-3-7-20)24-28(26,27)17-5-4-12(21)8-16(17)22/h4-5,8-11,24H,3,6-7H2,1-2H3,(H,23,25). The summed E-state index contributed by atoms with van der Waals surface area (Å²) in [6.45, 7) is 3.90. The Hall–Kier alpha value is -2.48. The van der Waals surface area contributed by atoms with Gasteiger partial charge in [0.1, 0.15) is 16.5 Å². The Morgan fingerprint density at radius 2 is 1.86 bits per heavy atom. The highest BCUT2D eigenvalue weighted by molar-refractivity contribution is 7.92. The number of hydrogen-bond donors (Lipinski definition) is 2. The fraction of sp³-hybridized carbons (Fsp3) is 0.350. The number of hydrogen-bond acceptors (Lipinski definition) is 3. The van der Waals surface area contributed by atoms with Crippen LogP contribution in [-0.2, 0) is 20.2 Å². The summed E-state index contributed by atoms with van der Waals surface area (Å²) < 4.78 is 54.9. The maximum atomic E-state index is 14.0. The van der Waals surface area contributed by atoms with E-state index in [4.69, 9.17) is 0 Å². The van der Waals surface area contributed by atoms with E-state index in [9.17, 15) is 22.0 Å². The first-order chi connectivity index (χ1) is 13.1. The van der Waals surface area contributed by atoms with Crippen LogP contribution in [-0.4, -0.2) is 14.3 Å². The van der Waals surface area contributed by atoms with Crippen LogP contribution in [0.25, 0.3) is 0 Å². The number of benzene rings is 2. The van der Waals surface area contributed by atoms with E-state index in [1.807, 2.05) is 13.8 Å². The number of fused-ring (bicyclic) bond motifs is 2. The van der Waals surface area contributed by atoms with Crippen molar-refractivity contribution >= 4 is 27.3 Å². The predicted molar refractivity (Wildman–Crippen MR) is 102 cm³/mol. The molecule has 0 radical (unpaired) electrons. The average molecular weight is 406 g/mol. The molecule has 0 unspecified atom stereocenters. The van der Waals surface area contributed by atoms with Gasteiger partial charge in [-0.1, -0.05) is 20.3 Å². The van der Waals surface area contributed by atoms with Crippen molar-refractivity contribution in [2.24, 2.45) is 0 Å². The number of halogens is 2. The average Bonchev–Trinajstić information content (AvgIpc) is 2.84. The molecule has 1 spiro atoms. The van der Waals surface area contributed by atoms with E-state index in [0.29, 0.717) is 18.9 Å². The Kier molecular flexibility index (Phi) is 4.22. The van der Waals surface area contributed by atoms with Gasteiger partial charge in [0.2, 0.25) is 5.91 Å². The molecular formula is C20H20F2N2O3S. The number of nitrogens with one attached hydrogen (secondary N) is 2. The summed E-state index contributed by atoms with van der Waals surface area (Å²) >= 11 is 0. The van der Waals surface area contributed by atoms with Crippen LogP contribution in [0.15, 0.2) is 35.2 Å². The molecule has 5 nitrogen and oxygen atoms in total. The van der Waals surface area contributed by atoms with E-state index in [0.717, 1.165) is 35.4 Å². The molecule has 1 aliphatic heterocycles. The largest absolute Gasteiger partial charge is 0.325 e. The molecule has 1 fully saturated rings. The third-order valence-electron chi connectivity index (χ3n) is 5.62. The lowest BCUT2D eigenvalue weighted by Crippen LogP contribution is -2.40. The van der Waals surface area contributed by atoms with Gasteiger partial charge in [-0.3, -0.25) is 9.52 Å². The number of rotatable bonds is 4. The third kappa shape index (κ3) is 2.78. The first kappa shape index (κ1) is 18.9. The molecule has 2 N–H and O–H groups in total. The number of carbonyl (C=O) groups excluding carboxylic acids is 1. The molecule has 1 heterocycles. The molecule has 0 bridgehead atoms. The smallest absolute Gasteiger partial charge is 0.264 e. The summed E-state index contributed by atoms with van der Waals surface area (Å²) in [4.78, 5) is 11.9. The fourth-order valence-corrected chi connectivity index (χ4v) is 5.08. The summed E-state index contributed by atoms with van der Waals surface area (Å²) in [6.07, 6.45) is 2.36. The van der Waals surface area contributed by atoms with Crippen LogP contribution in [0.2, 0.25) is 0 Å². The fourth-order valence-electron chi connectivity index (χ4n) is 3.98. The van der Waals surface area contributed by atoms with Gasteiger partial charge in [-0.05, 0) is 54.2 Å². The molecule has 2 aromatic carbocycles. The highest BCUT2D eigenvalue weighted by Gasteiger charge is 2.51. The van der Waals surface area contributed by atoms with Crippen molar-refractivity contribution in [3.05, 3.63) is 53.1 Å². The lowest BCUT2D eigenvalue weighted by molar-refractivity contribution is -0.123. The van der Waals surface area contributed by atoms with Gasteiger partial charge in [-0.2, -0.15) is 0 Å². The minimum absolute atomic E-state index is 0.0382. The lowest BCUT2D eigenvalue weighted by atomic mass is 9.65. The summed E-state index contributed by atoms with van der Waals surface area (Å²) in [5.74, 6) is -2.03. The minimum Gasteiger partial charge on any atom is -0.325 e. The van der Waals surface area contributed by atoms with Gasteiger partial charge < -0.3 is 5.32 Å². The Morgan fingerprint density at radius 1 is 1.14 bits per heavy atom. The SMILES string of the molecule is CC(C)c1cc(NS(=O)(=O)c2ccc(F)cc2F)cc2c1NC(=O)C21CCC1. The van der Waals surface area contributed by atoms with Crippen LogP contribution >= 0.6 is 0 Å². The van der Waals surface area contributed by atoms with E-state index >= 15 is 0 Å². The number of anilines is 2. The second-order valence-electron chi connectivity index (χ2n) is 7.71. The van der Waals surface area contributed by atoms with Crippen molar-refractivity contribution in [3.8, 4) is 0 Å². The maximum Gasteiger partial charge on any atom is 0.264 e. The van der Waals surface area contributed by atoms with E-state index in [1.54, 1.807) is 12.1 Å². The third-order valence-corrected chi connectivity index (χ3v) is 7.04. The molecule has 1 aliphatic carbocycles. The lowest BCUT2D eigenvalue weighted by Gasteiger charge is -2.36. The van der Waals surface area contributed by atoms with E-state index < -0.39 is 32.0 Å². The van der Waals surface area contributed by atoms with Crippen LogP contribution in [0, 0.1) is 11.6 Å². The quantitative estimate of drug-likeness (QED) is 0.797. The van der Waals surface area contributed by atoms with Crippen LogP contribution in [0.5, 0.6) is 0 Å². The van der Waals surface area contributed by atoms with E-state index in [1.165, 1.54) is 0 Å². The zero-order valence-electron chi connectivity index (χ0n) is 15.5. The number of amides is 1. The van der Waals surface area contributed by atoms with Crippen LogP contribution in [0.1, 0.15) is 50.2 Å². The van der Waals surface area contributed by atoms with Crippen molar-refractivity contribution in [1.82, 2.24) is 0 Å². The zero-order chi connectivity index (χ0) is 20.3. The van der Waals surface area contributed by atoms with Gasteiger partial charge >= 0.3 is 0 Å². The molecule has 8 heteroatoms. The highest BCUT2D eigenvalue weighted by Crippen LogP contribution is 2.53. The second-order valence-corrected chi connectivity index (χ2v) is 9.36. The van der Waals surface area contributed by atoms with Crippen LogP contribution in [0.3, 0.4) is 0 Å². The summed E-state index contributed by atoms with van der Waals surface area (Å²) in [5, 5.41) is 2.96. The van der Waals surface area contributed by atoms with Crippen molar-refractivity contribution in [2.45, 2.75) is 49.3 Å². The van der Waals surface area contributed by atoms with E-state index in [-0.39, 0.29) is 17.5 Å². The maximum absolute atomic E-state index is 14.0. The molecule has 2 aromatic rings. The van der Waals surface area contributed by atoms with Gasteiger partial charge in [0, 0.05) is 17.4 Å². The highest BCUT2D eigenvalue weighted by atomic mass is 32.2. The van der Waals surface area contributed by atoms with Gasteiger partial charge in [0.15, 0.2) is 0 Å². The Labute approximate surface area is 162 Å². The zero-order valence-corrected chi connectivity index (χ0v) is 16.3.